The molecule has 1 fully saturated rings. The highest BCUT2D eigenvalue weighted by Crippen LogP contribution is 2.33. The molecule has 2 unspecified atom stereocenters. The van der Waals surface area contributed by atoms with E-state index in [0.29, 0.717) is 13.1 Å². The third-order valence-electron chi connectivity index (χ3n) is 3.47. The van der Waals surface area contributed by atoms with Gasteiger partial charge in [0.25, 0.3) is 0 Å². The molecule has 21 heavy (non-hydrogen) atoms. The number of rotatable bonds is 2. The average Bonchev–Trinajstić information content (AvgIpc) is 2.40. The van der Waals surface area contributed by atoms with Crippen LogP contribution >= 0.6 is 0 Å². The van der Waals surface area contributed by atoms with Crippen molar-refractivity contribution in [1.82, 2.24) is 10.6 Å². The van der Waals surface area contributed by atoms with Crippen LogP contribution < -0.4 is 16.0 Å². The Kier molecular flexibility index (Phi) is 4.53. The van der Waals surface area contributed by atoms with Crippen LogP contribution in [-0.2, 0) is 11.0 Å². The Morgan fingerprint density at radius 3 is 2.57 bits per heavy atom. The van der Waals surface area contributed by atoms with Gasteiger partial charge in [0.05, 0.1) is 11.6 Å². The first-order valence-electron chi connectivity index (χ1n) is 6.73. The summed E-state index contributed by atoms with van der Waals surface area (Å²) in [5, 5.41) is 8.71. The maximum atomic E-state index is 12.8. The molecule has 1 aromatic carbocycles. The largest absolute Gasteiger partial charge is 0.416 e. The summed E-state index contributed by atoms with van der Waals surface area (Å²) >= 11 is 0. The topological polar surface area (TPSA) is 53.2 Å². The van der Waals surface area contributed by atoms with Gasteiger partial charge in [-0.25, -0.2) is 0 Å². The summed E-state index contributed by atoms with van der Waals surface area (Å²) in [6, 6.07) is 3.61. The van der Waals surface area contributed by atoms with Gasteiger partial charge in [0.15, 0.2) is 0 Å². The van der Waals surface area contributed by atoms with Crippen LogP contribution in [0.4, 0.5) is 18.9 Å². The molecule has 1 aliphatic rings. The van der Waals surface area contributed by atoms with Crippen LogP contribution in [0, 0.1) is 6.92 Å². The Hall–Kier alpha value is -1.60. The van der Waals surface area contributed by atoms with E-state index in [1.54, 1.807) is 0 Å². The maximum Gasteiger partial charge on any atom is 0.416 e. The Morgan fingerprint density at radius 2 is 2.00 bits per heavy atom. The zero-order valence-corrected chi connectivity index (χ0v) is 11.8. The highest BCUT2D eigenvalue weighted by Gasteiger charge is 2.32. The Labute approximate surface area is 121 Å². The summed E-state index contributed by atoms with van der Waals surface area (Å²) in [4.78, 5) is 12.0. The second kappa shape index (κ2) is 6.03. The predicted molar refractivity (Wildman–Crippen MR) is 74.1 cm³/mol. The highest BCUT2D eigenvalue weighted by molar-refractivity contribution is 5.95. The van der Waals surface area contributed by atoms with E-state index in [4.69, 9.17) is 0 Å². The number of piperazine rings is 1. The molecule has 3 N–H and O–H groups in total. The molecule has 1 aliphatic heterocycles. The first-order chi connectivity index (χ1) is 9.77. The van der Waals surface area contributed by atoms with Gasteiger partial charge in [-0.15, -0.1) is 0 Å². The van der Waals surface area contributed by atoms with Gasteiger partial charge in [0, 0.05) is 24.8 Å². The fraction of sp³-hybridized carbons (Fsp3) is 0.500. The highest BCUT2D eigenvalue weighted by atomic mass is 19.4. The predicted octanol–water partition coefficient (Wildman–Crippen LogP) is 1.90. The molecule has 1 aromatic rings. The number of hydrogen-bond donors (Lipinski definition) is 3. The number of hydrogen-bond acceptors (Lipinski definition) is 3. The molecule has 4 nitrogen and oxygen atoms in total. The molecule has 1 amide bonds. The zero-order valence-electron chi connectivity index (χ0n) is 11.8. The molecule has 2 atom stereocenters. The molecule has 2 rings (SSSR count). The van der Waals surface area contributed by atoms with Gasteiger partial charge in [-0.05, 0) is 31.5 Å². The van der Waals surface area contributed by atoms with Crippen molar-refractivity contribution in [2.45, 2.75) is 32.1 Å². The minimum absolute atomic E-state index is 0.131. The SMILES string of the molecule is Cc1ccc(NC(=O)C2CNC(C)CN2)cc1C(F)(F)F. The fourth-order valence-corrected chi connectivity index (χ4v) is 2.20. The van der Waals surface area contributed by atoms with Crippen molar-refractivity contribution in [2.75, 3.05) is 18.4 Å². The lowest BCUT2D eigenvalue weighted by atomic mass is 10.1. The van der Waals surface area contributed by atoms with E-state index in [1.807, 2.05) is 6.92 Å². The molecule has 1 saturated heterocycles. The van der Waals surface area contributed by atoms with Gasteiger partial charge in [0.1, 0.15) is 0 Å². The molecular weight excluding hydrogens is 283 g/mol. The smallest absolute Gasteiger partial charge is 0.325 e. The number of alkyl halides is 3. The standard InChI is InChI=1S/C14H18F3N3O/c1-8-3-4-10(5-11(8)14(15,16)17)20-13(21)12-7-18-9(2)6-19-12/h3-5,9,12,18-19H,6-7H2,1-2H3,(H,20,21). The number of aryl methyl sites for hydroxylation is 1. The summed E-state index contributed by atoms with van der Waals surface area (Å²) in [6.07, 6.45) is -4.43. The summed E-state index contributed by atoms with van der Waals surface area (Å²) < 4.78 is 38.5. The first kappa shape index (κ1) is 15.8. The Balaban J connectivity index is 2.08. The van der Waals surface area contributed by atoms with E-state index in [9.17, 15) is 18.0 Å². The van der Waals surface area contributed by atoms with Gasteiger partial charge in [-0.1, -0.05) is 6.07 Å². The van der Waals surface area contributed by atoms with E-state index >= 15 is 0 Å². The van der Waals surface area contributed by atoms with Crippen LogP contribution in [0.15, 0.2) is 18.2 Å². The molecular formula is C14H18F3N3O. The summed E-state index contributed by atoms with van der Waals surface area (Å²) in [6.45, 7) is 4.46. The van der Waals surface area contributed by atoms with Crippen LogP contribution in [0.2, 0.25) is 0 Å². The summed E-state index contributed by atoms with van der Waals surface area (Å²) in [5.74, 6) is -0.341. The molecule has 0 aliphatic carbocycles. The first-order valence-corrected chi connectivity index (χ1v) is 6.73. The zero-order chi connectivity index (χ0) is 15.6. The molecule has 0 radical (unpaired) electrons. The van der Waals surface area contributed by atoms with Crippen molar-refractivity contribution < 1.29 is 18.0 Å². The van der Waals surface area contributed by atoms with Gasteiger partial charge in [-0.2, -0.15) is 13.2 Å². The van der Waals surface area contributed by atoms with Gasteiger partial charge >= 0.3 is 6.18 Å². The second-order valence-corrected chi connectivity index (χ2v) is 5.29. The van der Waals surface area contributed by atoms with Crippen molar-refractivity contribution in [3.63, 3.8) is 0 Å². The number of anilines is 1. The third-order valence-corrected chi connectivity index (χ3v) is 3.47. The van der Waals surface area contributed by atoms with Crippen molar-refractivity contribution in [2.24, 2.45) is 0 Å². The minimum atomic E-state index is -4.43. The van der Waals surface area contributed by atoms with Crippen LogP contribution in [-0.4, -0.2) is 31.1 Å². The molecule has 1 heterocycles. The lowest BCUT2D eigenvalue weighted by molar-refractivity contribution is -0.138. The van der Waals surface area contributed by atoms with Crippen LogP contribution in [0.25, 0.3) is 0 Å². The van der Waals surface area contributed by atoms with Crippen molar-refractivity contribution in [1.29, 1.82) is 0 Å². The number of halogens is 3. The molecule has 0 bridgehead atoms. The summed E-state index contributed by atoms with van der Waals surface area (Å²) in [7, 11) is 0. The van der Waals surface area contributed by atoms with E-state index in [2.05, 4.69) is 16.0 Å². The quantitative estimate of drug-likeness (QED) is 0.782. The minimum Gasteiger partial charge on any atom is -0.325 e. The fourth-order valence-electron chi connectivity index (χ4n) is 2.20. The van der Waals surface area contributed by atoms with E-state index in [0.717, 1.165) is 6.07 Å². The number of benzene rings is 1. The number of nitrogens with one attached hydrogen (secondary N) is 3. The Morgan fingerprint density at radius 1 is 1.29 bits per heavy atom. The van der Waals surface area contributed by atoms with Gasteiger partial charge < -0.3 is 16.0 Å². The van der Waals surface area contributed by atoms with E-state index in [-0.39, 0.29) is 23.2 Å². The summed E-state index contributed by atoms with van der Waals surface area (Å²) in [5.41, 5.74) is -0.450. The van der Waals surface area contributed by atoms with E-state index in [1.165, 1.54) is 19.1 Å². The number of carbonyl (C=O) groups excluding carboxylic acids is 1. The molecule has 0 aromatic heterocycles. The third kappa shape index (κ3) is 3.95. The lowest BCUT2D eigenvalue weighted by Crippen LogP contribution is -2.57. The Bertz CT molecular complexity index is 523. The lowest BCUT2D eigenvalue weighted by Gasteiger charge is -2.28. The van der Waals surface area contributed by atoms with Gasteiger partial charge in [-0.3, -0.25) is 4.79 Å². The normalized spacial score (nSPS) is 22.9. The molecule has 7 heteroatoms. The van der Waals surface area contributed by atoms with E-state index < -0.39 is 17.8 Å². The average molecular weight is 301 g/mol. The van der Waals surface area contributed by atoms with Crippen LogP contribution in [0.1, 0.15) is 18.1 Å². The monoisotopic (exact) mass is 301 g/mol. The van der Waals surface area contributed by atoms with Crippen molar-refractivity contribution >= 4 is 11.6 Å². The maximum absolute atomic E-state index is 12.8. The molecule has 0 saturated carbocycles. The van der Waals surface area contributed by atoms with Crippen molar-refractivity contribution in [3.8, 4) is 0 Å². The van der Waals surface area contributed by atoms with Crippen LogP contribution in [0.5, 0.6) is 0 Å². The number of amides is 1. The molecule has 0 spiro atoms. The second-order valence-electron chi connectivity index (χ2n) is 5.29. The number of carbonyl (C=O) groups is 1. The van der Waals surface area contributed by atoms with Crippen LogP contribution in [0.3, 0.4) is 0 Å². The molecule has 116 valence electrons. The van der Waals surface area contributed by atoms with Gasteiger partial charge in [0.2, 0.25) is 5.91 Å². The van der Waals surface area contributed by atoms with Crippen molar-refractivity contribution in [3.05, 3.63) is 29.3 Å².